The van der Waals surface area contributed by atoms with Gasteiger partial charge in [0.25, 0.3) is 11.8 Å². The summed E-state index contributed by atoms with van der Waals surface area (Å²) in [5.41, 5.74) is 2.64. The molecule has 3 rings (SSSR count). The summed E-state index contributed by atoms with van der Waals surface area (Å²) < 4.78 is 60.9. The smallest absolute Gasteiger partial charge is 0.359 e. The van der Waals surface area contributed by atoms with Crippen molar-refractivity contribution < 1.29 is 45.4 Å². The van der Waals surface area contributed by atoms with E-state index in [1.54, 1.807) is 26.2 Å². The Morgan fingerprint density at radius 1 is 0.769 bits per heavy atom. The van der Waals surface area contributed by atoms with E-state index in [9.17, 15) is 31.2 Å². The van der Waals surface area contributed by atoms with E-state index in [2.05, 4.69) is 30.4 Å². The molecule has 3 aliphatic rings. The van der Waals surface area contributed by atoms with Crippen LogP contribution in [0.25, 0.3) is 0 Å². The van der Waals surface area contributed by atoms with Gasteiger partial charge in [0.15, 0.2) is 0 Å². The summed E-state index contributed by atoms with van der Waals surface area (Å²) in [6.07, 6.45) is 6.23. The second-order valence-electron chi connectivity index (χ2n) is 8.74. The number of carbonyl (C=O) groups is 3. The zero-order valence-corrected chi connectivity index (χ0v) is 36.1. The van der Waals surface area contributed by atoms with E-state index in [-0.39, 0.29) is 17.8 Å². The van der Waals surface area contributed by atoms with Crippen LogP contribution in [0.3, 0.4) is 0 Å². The zero-order chi connectivity index (χ0) is 29.0. The predicted octanol–water partition coefficient (Wildman–Crippen LogP) is -1.89. The first kappa shape index (κ1) is 36.5. The number of nitrogens with two attached hydrogens (primary N) is 1. The number of carboxylic acid groups (broad SMARTS) is 1. The SMILES string of the molecule is C=CC1CC1(N)C(=O)NS(=O)(=O)O.C=CC1CC1(NC)C(=O)NS(=O)(=O)O.C=CC1CC1(NC)C(=O)O.[Rf].[Rf]. The van der Waals surface area contributed by atoms with Gasteiger partial charge in [0.1, 0.15) is 16.6 Å². The van der Waals surface area contributed by atoms with Crippen LogP contribution in [-0.2, 0) is 35.0 Å². The van der Waals surface area contributed by atoms with E-state index in [4.69, 9.17) is 19.9 Å². The number of aliphatic carboxylic acids is 1. The zero-order valence-electron chi connectivity index (χ0n) is 21.7. The molecule has 19 heteroatoms. The molecule has 2 amide bonds. The van der Waals surface area contributed by atoms with Crippen LogP contribution in [-0.4, -0.2) is 79.5 Å². The standard InChI is InChI=1S/C7H12N2O4S.C7H11NO2.C6H10N2O4S.2Rf/c1-3-5-4-7(5,8-2)6(10)9-14(11,12)13;1-3-5-4-7(5,8-2)6(9)10;1-2-4-3-6(4,7)5(9)8-13(10,11)12;;/h3,5,8H,1,4H2,2H3,(H,9,10)(H,11,12,13);3,5,8H,1,4H2,2H3,(H,9,10);2,4H,1,3,7H2,(H,8,9)(H,10,11,12);;. The van der Waals surface area contributed by atoms with Crippen molar-refractivity contribution in [3.8, 4) is 0 Å². The van der Waals surface area contributed by atoms with Crippen molar-refractivity contribution >= 4 is 38.4 Å². The fourth-order valence-electron chi connectivity index (χ4n) is 3.73. The molecule has 3 fully saturated rings. The van der Waals surface area contributed by atoms with Gasteiger partial charge in [-0.15, -0.1) is 19.7 Å². The molecule has 0 aromatic heterocycles. The Kier molecular flexibility index (Phi) is 11.5. The minimum Gasteiger partial charge on any atom is -0.480 e. The predicted molar refractivity (Wildman–Crippen MR) is 132 cm³/mol. The molecule has 0 saturated heterocycles. The largest absolute Gasteiger partial charge is 0.480 e. The van der Waals surface area contributed by atoms with Crippen LogP contribution >= 0.6 is 0 Å². The summed E-state index contributed by atoms with van der Waals surface area (Å²) in [7, 11) is -5.78. The number of rotatable bonds is 10. The number of carbonyl (C=O) groups excluding carboxylic acids is 2. The molecular weight excluding hydrogens is 1070 g/mol. The van der Waals surface area contributed by atoms with Gasteiger partial charge in [-0.1, -0.05) is 18.2 Å². The molecule has 214 valence electrons. The van der Waals surface area contributed by atoms with Gasteiger partial charge in [-0.2, -0.15) is 16.8 Å². The number of hydrogen-bond acceptors (Lipinski definition) is 10. The summed E-state index contributed by atoms with van der Waals surface area (Å²) in [5, 5.41) is 14.2. The number of nitrogens with one attached hydrogen (secondary N) is 4. The van der Waals surface area contributed by atoms with Gasteiger partial charge in [0.05, 0.1) is 0 Å². The van der Waals surface area contributed by atoms with E-state index in [0.717, 1.165) is 0 Å². The normalized spacial score (nSPS) is 31.4. The van der Waals surface area contributed by atoms with Crippen LogP contribution in [0.4, 0.5) is 0 Å². The van der Waals surface area contributed by atoms with Gasteiger partial charge >= 0.3 is 26.6 Å². The first-order chi connectivity index (χ1) is 16.8. The van der Waals surface area contributed by atoms with Crippen LogP contribution in [0.15, 0.2) is 38.0 Å². The van der Waals surface area contributed by atoms with Crippen molar-refractivity contribution in [2.24, 2.45) is 23.5 Å². The first-order valence-electron chi connectivity index (χ1n) is 10.7. The van der Waals surface area contributed by atoms with E-state index in [1.165, 1.54) is 15.5 Å². The van der Waals surface area contributed by atoms with Crippen molar-refractivity contribution in [1.82, 2.24) is 20.1 Å². The molecule has 6 atom stereocenters. The number of carboxylic acids is 1. The van der Waals surface area contributed by atoms with Gasteiger partial charge in [0.2, 0.25) is 0 Å². The van der Waals surface area contributed by atoms with Gasteiger partial charge in [-0.25, -0.2) is 9.44 Å². The van der Waals surface area contributed by atoms with E-state index >= 15 is 0 Å². The Morgan fingerprint density at radius 2 is 1.13 bits per heavy atom. The Bertz CT molecular complexity index is 1190. The van der Waals surface area contributed by atoms with Crippen molar-refractivity contribution in [2.75, 3.05) is 14.1 Å². The number of hydrogen-bond donors (Lipinski definition) is 8. The summed E-state index contributed by atoms with van der Waals surface area (Å²) in [6.45, 7) is 10.5. The summed E-state index contributed by atoms with van der Waals surface area (Å²) in [6, 6.07) is 0. The molecule has 0 radical (unpaired) electrons. The van der Waals surface area contributed by atoms with Gasteiger partial charge in [-0.05, 0) is 33.4 Å². The molecule has 0 aliphatic heterocycles. The van der Waals surface area contributed by atoms with Crippen LogP contribution in [0.1, 0.15) is 19.3 Å². The van der Waals surface area contributed by atoms with Crippen LogP contribution in [0, 0.1) is 17.8 Å². The van der Waals surface area contributed by atoms with Crippen molar-refractivity contribution in [2.45, 2.75) is 35.9 Å². The molecule has 39 heavy (non-hydrogen) atoms. The third-order valence-corrected chi connectivity index (χ3v) is 7.37. The van der Waals surface area contributed by atoms with E-state index in [0.29, 0.717) is 19.3 Å². The Labute approximate surface area is 215 Å². The molecule has 15 nitrogen and oxygen atoms in total. The molecular formula is C20H33N5O10Rf2S2. The maximum atomic E-state index is 11.4. The molecule has 0 aromatic rings. The van der Waals surface area contributed by atoms with Crippen LogP contribution < -0.4 is 25.8 Å². The molecule has 9 N–H and O–H groups in total. The maximum Gasteiger partial charge on any atom is 0.359 e. The minimum atomic E-state index is -4.51. The third-order valence-electron chi connectivity index (χ3n) is 6.49. The first-order valence-corrected chi connectivity index (χ1v) is 13.6. The monoisotopic (exact) mass is 1100 g/mol. The number of amides is 2. The van der Waals surface area contributed by atoms with Crippen molar-refractivity contribution in [3.05, 3.63) is 38.0 Å². The van der Waals surface area contributed by atoms with Crippen molar-refractivity contribution in [3.63, 3.8) is 0 Å². The van der Waals surface area contributed by atoms with Gasteiger partial charge < -0.3 is 21.5 Å². The Balaban J connectivity index is 0. The Hall–Kier alpha value is -4.67. The molecule has 0 spiro atoms. The average Bonchev–Trinajstić information content (AvgIpc) is 3.69. The summed E-state index contributed by atoms with van der Waals surface area (Å²) in [4.78, 5) is 33.0. The molecule has 0 heterocycles. The Morgan fingerprint density at radius 3 is 1.36 bits per heavy atom. The van der Waals surface area contributed by atoms with E-state index in [1.807, 2.05) is 0 Å². The molecule has 3 saturated carbocycles. The van der Waals surface area contributed by atoms with Gasteiger partial charge in [-0.3, -0.25) is 23.5 Å². The second-order valence-corrected chi connectivity index (χ2v) is 11.0. The van der Waals surface area contributed by atoms with Gasteiger partial charge in [0, 0.05) is 17.8 Å². The average molecular weight is 1100 g/mol. The fourth-order valence-corrected chi connectivity index (χ4v) is 4.57. The quantitative estimate of drug-likeness (QED) is 0.0882. The summed E-state index contributed by atoms with van der Waals surface area (Å²) in [5.74, 6) is -2.66. The van der Waals surface area contributed by atoms with Crippen LogP contribution in [0.2, 0.25) is 0 Å². The fraction of sp³-hybridized carbons (Fsp3) is 0.550. The topological polar surface area (TPSA) is 254 Å². The number of likely N-dealkylation sites (N-methyl/N-ethyl adjacent to an activating group) is 2. The molecule has 0 aromatic carbocycles. The maximum absolute atomic E-state index is 11.4. The molecule has 0 bridgehead atoms. The van der Waals surface area contributed by atoms with Crippen LogP contribution in [0.5, 0.6) is 0 Å². The third kappa shape index (κ3) is 8.42. The summed E-state index contributed by atoms with van der Waals surface area (Å²) >= 11 is 0. The molecule has 3 aliphatic carbocycles. The van der Waals surface area contributed by atoms with Crippen molar-refractivity contribution in [1.29, 1.82) is 0 Å². The molecule has 6 unspecified atom stereocenters. The minimum absolute atomic E-state index is 0. The van der Waals surface area contributed by atoms with E-state index < -0.39 is 55.0 Å². The second kappa shape index (κ2) is 12.2.